The lowest BCUT2D eigenvalue weighted by atomic mass is 9.84. The van der Waals surface area contributed by atoms with Gasteiger partial charge >= 0.3 is 0 Å². The fraction of sp³-hybridized carbons (Fsp3) is 0.435. The van der Waals surface area contributed by atoms with Crippen molar-refractivity contribution in [1.29, 1.82) is 0 Å². The Kier molecular flexibility index (Phi) is 7.44. The summed E-state index contributed by atoms with van der Waals surface area (Å²) in [5, 5.41) is 5.83. The van der Waals surface area contributed by atoms with E-state index in [1.165, 1.54) is 13.2 Å². The molecule has 3 rings (SSSR count). The Morgan fingerprint density at radius 1 is 1.35 bits per heavy atom. The molecule has 1 saturated heterocycles. The average molecular weight is 429 g/mol. The van der Waals surface area contributed by atoms with Gasteiger partial charge in [-0.3, -0.25) is 14.6 Å². The molecule has 0 spiro atoms. The van der Waals surface area contributed by atoms with Crippen LogP contribution in [0.25, 0.3) is 0 Å². The average Bonchev–Trinajstić information content (AvgIpc) is 3.13. The molecule has 1 aromatic carbocycles. The lowest BCUT2D eigenvalue weighted by Crippen LogP contribution is -2.45. The molecule has 31 heavy (non-hydrogen) atoms. The molecule has 0 bridgehead atoms. The van der Waals surface area contributed by atoms with Gasteiger partial charge in [-0.1, -0.05) is 6.07 Å². The van der Waals surface area contributed by atoms with Crippen LogP contribution in [0, 0.1) is 5.82 Å². The molecule has 8 heteroatoms. The molecule has 1 aromatic heterocycles. The zero-order valence-electron chi connectivity index (χ0n) is 17.8. The third kappa shape index (κ3) is 6.41. The lowest BCUT2D eigenvalue weighted by molar-refractivity contribution is -0.123. The largest absolute Gasteiger partial charge is 0.497 e. The molecule has 2 N–H and O–H groups in total. The van der Waals surface area contributed by atoms with Crippen molar-refractivity contribution in [2.45, 2.75) is 50.7 Å². The molecule has 2 aromatic rings. The second kappa shape index (κ2) is 10.2. The third-order valence-electron chi connectivity index (χ3n) is 5.41. The van der Waals surface area contributed by atoms with Crippen molar-refractivity contribution in [3.63, 3.8) is 0 Å². The Morgan fingerprint density at radius 2 is 2.19 bits per heavy atom. The molecule has 2 atom stereocenters. The molecule has 0 saturated carbocycles. The number of ether oxygens (including phenoxy) is 2. The number of hydrogen-bond donors (Lipinski definition) is 2. The van der Waals surface area contributed by atoms with E-state index in [0.29, 0.717) is 49.3 Å². The van der Waals surface area contributed by atoms with Crippen molar-refractivity contribution in [2.75, 3.05) is 13.7 Å². The van der Waals surface area contributed by atoms with Gasteiger partial charge in [-0.15, -0.1) is 0 Å². The minimum Gasteiger partial charge on any atom is -0.497 e. The fourth-order valence-electron chi connectivity index (χ4n) is 3.73. The summed E-state index contributed by atoms with van der Waals surface area (Å²) in [4.78, 5) is 28.3. The molecule has 0 aliphatic carbocycles. The molecule has 166 valence electrons. The molecule has 7 nitrogen and oxygen atoms in total. The Balaban J connectivity index is 1.53. The van der Waals surface area contributed by atoms with Crippen molar-refractivity contribution >= 4 is 11.8 Å². The van der Waals surface area contributed by atoms with E-state index in [2.05, 4.69) is 15.6 Å². The van der Waals surface area contributed by atoms with Gasteiger partial charge in [-0.05, 0) is 49.9 Å². The van der Waals surface area contributed by atoms with Crippen molar-refractivity contribution in [2.24, 2.45) is 0 Å². The number of rotatable bonds is 10. The number of carbonyl (C=O) groups is 2. The smallest absolute Gasteiger partial charge is 0.220 e. The summed E-state index contributed by atoms with van der Waals surface area (Å²) in [6.45, 7) is 2.21. The van der Waals surface area contributed by atoms with Crippen molar-refractivity contribution in [1.82, 2.24) is 15.6 Å². The summed E-state index contributed by atoms with van der Waals surface area (Å²) < 4.78 is 25.2. The SMILES string of the molecule is COc1ccc(C[C@]2(CCC(=O)NC[C@@H](C)Oc3cccnc3)CCC(=O)N2)c(F)c1. The second-order valence-corrected chi connectivity index (χ2v) is 7.88. The zero-order chi connectivity index (χ0) is 22.3. The normalized spacial score (nSPS) is 18.9. The van der Waals surface area contributed by atoms with E-state index < -0.39 is 5.54 Å². The summed E-state index contributed by atoms with van der Waals surface area (Å²) in [5.41, 5.74) is -0.149. The van der Waals surface area contributed by atoms with Crippen LogP contribution in [0.2, 0.25) is 0 Å². The number of carbonyl (C=O) groups excluding carboxylic acids is 2. The molecule has 2 amide bonds. The number of benzene rings is 1. The van der Waals surface area contributed by atoms with Crippen LogP contribution in [0.4, 0.5) is 4.39 Å². The van der Waals surface area contributed by atoms with E-state index in [1.54, 1.807) is 36.7 Å². The molecule has 0 unspecified atom stereocenters. The molecule has 2 heterocycles. The highest BCUT2D eigenvalue weighted by Gasteiger charge is 2.38. The minimum absolute atomic E-state index is 0.0761. The first-order chi connectivity index (χ1) is 14.9. The third-order valence-corrected chi connectivity index (χ3v) is 5.41. The standard InChI is InChI=1S/C23H28FN3O4/c1-16(31-19-4-3-11-25-15-19)14-26-21(28)7-9-23(10-8-22(29)27-23)13-17-5-6-18(30-2)12-20(17)24/h3-6,11-12,15-16H,7-10,13-14H2,1-2H3,(H,26,28)(H,27,29)/t16-,23+/m1/s1. The highest BCUT2D eigenvalue weighted by Crippen LogP contribution is 2.31. The quantitative estimate of drug-likeness (QED) is 0.606. The Bertz CT molecular complexity index is 909. The Hall–Kier alpha value is -3.16. The van der Waals surface area contributed by atoms with Gasteiger partial charge in [0, 0.05) is 30.6 Å². The summed E-state index contributed by atoms with van der Waals surface area (Å²) in [6.07, 6.45) is 4.95. The van der Waals surface area contributed by atoms with Crippen molar-refractivity contribution < 1.29 is 23.5 Å². The van der Waals surface area contributed by atoms with Gasteiger partial charge in [-0.2, -0.15) is 0 Å². The van der Waals surface area contributed by atoms with Gasteiger partial charge in [-0.25, -0.2) is 4.39 Å². The molecular weight excluding hydrogens is 401 g/mol. The molecule has 1 aliphatic heterocycles. The first-order valence-corrected chi connectivity index (χ1v) is 10.4. The topological polar surface area (TPSA) is 89.6 Å². The highest BCUT2D eigenvalue weighted by atomic mass is 19.1. The van der Waals surface area contributed by atoms with Gasteiger partial charge in [0.2, 0.25) is 11.8 Å². The number of methoxy groups -OCH3 is 1. The van der Waals surface area contributed by atoms with E-state index in [9.17, 15) is 14.0 Å². The van der Waals surface area contributed by atoms with Crippen molar-refractivity contribution in [3.8, 4) is 11.5 Å². The summed E-state index contributed by atoms with van der Waals surface area (Å²) in [5.74, 6) is 0.474. The molecular formula is C23H28FN3O4. The van der Waals surface area contributed by atoms with Gasteiger partial charge in [0.05, 0.1) is 19.9 Å². The maximum Gasteiger partial charge on any atom is 0.220 e. The number of nitrogens with one attached hydrogen (secondary N) is 2. The van der Waals surface area contributed by atoms with Crippen LogP contribution in [0.1, 0.15) is 38.2 Å². The van der Waals surface area contributed by atoms with E-state index in [-0.39, 0.29) is 30.2 Å². The van der Waals surface area contributed by atoms with Crippen LogP contribution in [0.3, 0.4) is 0 Å². The van der Waals surface area contributed by atoms with Crippen LogP contribution < -0.4 is 20.1 Å². The Labute approximate surface area is 181 Å². The Morgan fingerprint density at radius 3 is 2.84 bits per heavy atom. The lowest BCUT2D eigenvalue weighted by Gasteiger charge is -2.29. The molecule has 0 radical (unpaired) electrons. The number of aromatic nitrogens is 1. The number of halogens is 1. The van der Waals surface area contributed by atoms with Gasteiger partial charge in [0.25, 0.3) is 0 Å². The van der Waals surface area contributed by atoms with E-state index >= 15 is 0 Å². The number of pyridine rings is 1. The summed E-state index contributed by atoms with van der Waals surface area (Å²) >= 11 is 0. The van der Waals surface area contributed by atoms with Crippen LogP contribution in [0.15, 0.2) is 42.7 Å². The monoisotopic (exact) mass is 429 g/mol. The van der Waals surface area contributed by atoms with Gasteiger partial charge in [0.1, 0.15) is 23.4 Å². The van der Waals surface area contributed by atoms with E-state index in [4.69, 9.17) is 9.47 Å². The first kappa shape index (κ1) is 22.5. The maximum atomic E-state index is 14.5. The van der Waals surface area contributed by atoms with E-state index in [0.717, 1.165) is 0 Å². The van der Waals surface area contributed by atoms with Crippen molar-refractivity contribution in [3.05, 3.63) is 54.1 Å². The molecule has 1 aliphatic rings. The van der Waals surface area contributed by atoms with E-state index in [1.807, 2.05) is 6.92 Å². The predicted octanol–water partition coefficient (Wildman–Crippen LogP) is 2.78. The van der Waals surface area contributed by atoms with Crippen LogP contribution in [-0.2, 0) is 16.0 Å². The maximum absolute atomic E-state index is 14.5. The van der Waals surface area contributed by atoms with Gasteiger partial charge < -0.3 is 20.1 Å². The number of nitrogens with zero attached hydrogens (tertiary/aromatic N) is 1. The molecule has 1 fully saturated rings. The predicted molar refractivity (Wildman–Crippen MR) is 113 cm³/mol. The zero-order valence-corrected chi connectivity index (χ0v) is 17.8. The fourth-order valence-corrected chi connectivity index (χ4v) is 3.73. The highest BCUT2D eigenvalue weighted by molar-refractivity contribution is 5.80. The first-order valence-electron chi connectivity index (χ1n) is 10.4. The number of hydrogen-bond acceptors (Lipinski definition) is 5. The van der Waals surface area contributed by atoms with Crippen LogP contribution in [0.5, 0.6) is 11.5 Å². The van der Waals surface area contributed by atoms with Crippen LogP contribution in [-0.4, -0.2) is 42.1 Å². The summed E-state index contributed by atoms with van der Waals surface area (Å²) in [6, 6.07) is 8.27. The minimum atomic E-state index is -0.637. The number of amides is 2. The second-order valence-electron chi connectivity index (χ2n) is 7.88. The van der Waals surface area contributed by atoms with Crippen LogP contribution >= 0.6 is 0 Å². The van der Waals surface area contributed by atoms with Gasteiger partial charge in [0.15, 0.2) is 0 Å². The summed E-state index contributed by atoms with van der Waals surface area (Å²) in [7, 11) is 1.48.